The molecule has 1 fully saturated rings. The van der Waals surface area contributed by atoms with E-state index in [0.717, 1.165) is 25.7 Å². The molecule has 6 heteroatoms. The molecule has 0 aromatic rings. The molecule has 0 amide bonds. The fourth-order valence-corrected chi connectivity index (χ4v) is 5.07. The number of fused-ring (bicyclic) bond motifs is 1. The second-order valence-corrected chi connectivity index (χ2v) is 9.36. The molecule has 166 valence electrons. The van der Waals surface area contributed by atoms with E-state index in [4.69, 9.17) is 9.47 Å². The van der Waals surface area contributed by atoms with Crippen LogP contribution in [-0.4, -0.2) is 73.1 Å². The monoisotopic (exact) mass is 446 g/mol. The normalized spacial score (nSPS) is 36.6. The molecule has 30 heavy (non-hydrogen) atoms. The first-order chi connectivity index (χ1) is 13.8. The van der Waals surface area contributed by atoms with Crippen molar-refractivity contribution in [2.75, 3.05) is 0 Å². The van der Waals surface area contributed by atoms with Crippen LogP contribution < -0.4 is 0 Å². The van der Waals surface area contributed by atoms with Crippen LogP contribution in [0.1, 0.15) is 66.2 Å². The molecule has 3 aliphatic rings. The Balaban J connectivity index is 0.00000320. The Morgan fingerprint density at radius 1 is 1.30 bits per heavy atom. The van der Waals surface area contributed by atoms with Gasteiger partial charge in [-0.3, -0.25) is 9.59 Å². The van der Waals surface area contributed by atoms with Crippen molar-refractivity contribution in [3.63, 3.8) is 0 Å². The summed E-state index contributed by atoms with van der Waals surface area (Å²) in [6.07, 6.45) is 9.70. The summed E-state index contributed by atoms with van der Waals surface area (Å²) >= 11 is 0. The van der Waals surface area contributed by atoms with Gasteiger partial charge in [-0.25, -0.2) is 0 Å². The summed E-state index contributed by atoms with van der Waals surface area (Å²) in [6.45, 7) is 8.33. The van der Waals surface area contributed by atoms with Crippen LogP contribution in [0.3, 0.4) is 0 Å². The minimum atomic E-state index is -0.597. The van der Waals surface area contributed by atoms with Crippen LogP contribution in [0, 0.1) is 29.6 Å². The third-order valence-corrected chi connectivity index (χ3v) is 6.93. The number of hydrogen-bond acceptors (Lipinski definition) is 5. The van der Waals surface area contributed by atoms with Crippen LogP contribution in [0.4, 0.5) is 0 Å². The first kappa shape index (κ1) is 25.9. The van der Waals surface area contributed by atoms with Crippen molar-refractivity contribution in [1.29, 1.82) is 0 Å². The average molecular weight is 447 g/mol. The van der Waals surface area contributed by atoms with Gasteiger partial charge in [0, 0.05) is 12.3 Å². The summed E-state index contributed by atoms with van der Waals surface area (Å²) in [4.78, 5) is 24.2. The first-order valence-electron chi connectivity index (χ1n) is 11.3. The molecule has 0 aromatic heterocycles. The van der Waals surface area contributed by atoms with Gasteiger partial charge in [-0.05, 0) is 49.0 Å². The quantitative estimate of drug-likeness (QED) is 0.501. The summed E-state index contributed by atoms with van der Waals surface area (Å²) in [5.74, 6) is 0.755. The third kappa shape index (κ3) is 6.34. The molecule has 3 rings (SSSR count). The van der Waals surface area contributed by atoms with E-state index in [9.17, 15) is 14.7 Å². The van der Waals surface area contributed by atoms with Crippen molar-refractivity contribution in [1.82, 2.24) is 0 Å². The molecule has 1 saturated heterocycles. The Morgan fingerprint density at radius 2 is 2.03 bits per heavy atom. The van der Waals surface area contributed by atoms with E-state index in [-0.39, 0.29) is 80.1 Å². The Hall–Kier alpha value is -0.360. The molecular formula is C24H38CaO5. The number of hydrogen-bond donors (Lipinski definition) is 1. The van der Waals surface area contributed by atoms with Gasteiger partial charge in [-0.15, -0.1) is 0 Å². The fourth-order valence-electron chi connectivity index (χ4n) is 5.07. The molecule has 1 heterocycles. The van der Waals surface area contributed by atoms with E-state index in [1.807, 2.05) is 13.8 Å². The summed E-state index contributed by atoms with van der Waals surface area (Å²) in [7, 11) is 0. The summed E-state index contributed by atoms with van der Waals surface area (Å²) in [6, 6.07) is 0. The van der Waals surface area contributed by atoms with Crippen molar-refractivity contribution in [2.45, 2.75) is 84.5 Å². The van der Waals surface area contributed by atoms with Gasteiger partial charge in [0.1, 0.15) is 12.2 Å². The van der Waals surface area contributed by atoms with Crippen molar-refractivity contribution in [3.05, 3.63) is 23.8 Å². The topological polar surface area (TPSA) is 72.8 Å². The van der Waals surface area contributed by atoms with Crippen LogP contribution in [-0.2, 0) is 19.1 Å². The second-order valence-electron chi connectivity index (χ2n) is 9.36. The standard InChI is InChI=1S/C24H36O5.Ca.2H/c1-5-15(3)24(27)29-21-11-14(2)10-17-7-6-16(4)20(23(17)21)9-8-19-12-18(25)13-22(26)28-19;;;/h6-7,10,14-16,18-21,23,25H,5,8-9,11-13H2,1-4H3;;;/t14-,15?,16-,18+,19+,20-,21-,23-;;;/m0.../s1. The number of ether oxygens (including phenoxy) is 2. The molecule has 5 nitrogen and oxygen atoms in total. The van der Waals surface area contributed by atoms with Gasteiger partial charge in [0.25, 0.3) is 0 Å². The predicted octanol–water partition coefficient (Wildman–Crippen LogP) is 3.28. The summed E-state index contributed by atoms with van der Waals surface area (Å²) in [5.41, 5.74) is 1.27. The van der Waals surface area contributed by atoms with Crippen molar-refractivity contribution < 1.29 is 24.2 Å². The van der Waals surface area contributed by atoms with Crippen LogP contribution in [0.15, 0.2) is 23.8 Å². The molecule has 2 aliphatic carbocycles. The molecule has 0 spiro atoms. The Bertz CT molecular complexity index is 673. The van der Waals surface area contributed by atoms with Crippen LogP contribution in [0.2, 0.25) is 0 Å². The number of rotatable bonds is 6. The van der Waals surface area contributed by atoms with Crippen molar-refractivity contribution in [2.24, 2.45) is 29.6 Å². The zero-order valence-corrected chi connectivity index (χ0v) is 18.2. The first-order valence-corrected chi connectivity index (χ1v) is 11.3. The van der Waals surface area contributed by atoms with Gasteiger partial charge in [-0.1, -0.05) is 45.9 Å². The van der Waals surface area contributed by atoms with Gasteiger partial charge >= 0.3 is 49.7 Å². The molecule has 0 saturated carbocycles. The number of cyclic esters (lactones) is 1. The van der Waals surface area contributed by atoms with Crippen LogP contribution >= 0.6 is 0 Å². The van der Waals surface area contributed by atoms with Gasteiger partial charge in [0.2, 0.25) is 0 Å². The maximum absolute atomic E-state index is 12.5. The van der Waals surface area contributed by atoms with E-state index in [1.54, 1.807) is 0 Å². The fraction of sp³-hybridized carbons (Fsp3) is 0.750. The van der Waals surface area contributed by atoms with E-state index in [1.165, 1.54) is 5.57 Å². The molecule has 1 unspecified atom stereocenters. The van der Waals surface area contributed by atoms with E-state index >= 15 is 0 Å². The summed E-state index contributed by atoms with van der Waals surface area (Å²) < 4.78 is 11.5. The molecule has 0 aromatic carbocycles. The number of carbonyl (C=O) groups is 2. The Morgan fingerprint density at radius 3 is 2.70 bits per heavy atom. The minimum absolute atomic E-state index is 0. The second kappa shape index (κ2) is 11.5. The molecule has 0 bridgehead atoms. The molecule has 0 radical (unpaired) electrons. The molecule has 8 atom stereocenters. The Kier molecular flexibility index (Phi) is 9.92. The average Bonchev–Trinajstić information content (AvgIpc) is 2.65. The van der Waals surface area contributed by atoms with Gasteiger partial charge in [-0.2, -0.15) is 0 Å². The zero-order chi connectivity index (χ0) is 21.1. The van der Waals surface area contributed by atoms with E-state index in [2.05, 4.69) is 32.1 Å². The molecule has 1 N–H and O–H groups in total. The maximum atomic E-state index is 12.5. The van der Waals surface area contributed by atoms with Crippen molar-refractivity contribution in [3.8, 4) is 0 Å². The molecular weight excluding hydrogens is 408 g/mol. The van der Waals surface area contributed by atoms with Gasteiger partial charge in [0.15, 0.2) is 0 Å². The van der Waals surface area contributed by atoms with E-state index in [0.29, 0.717) is 24.2 Å². The zero-order valence-electron chi connectivity index (χ0n) is 18.2. The number of esters is 2. The van der Waals surface area contributed by atoms with E-state index < -0.39 is 6.10 Å². The number of allylic oxidation sites excluding steroid dienone is 3. The number of aliphatic hydroxyl groups excluding tert-OH is 1. The summed E-state index contributed by atoms with van der Waals surface area (Å²) in [5, 5.41) is 9.89. The van der Waals surface area contributed by atoms with Crippen LogP contribution in [0.25, 0.3) is 0 Å². The Labute approximate surface area is 210 Å². The third-order valence-electron chi connectivity index (χ3n) is 6.93. The SMILES string of the molecule is CCC(C)C(=O)O[C@H]1C[C@@H](C)C=C2C=C[C@H](C)[C@H](CC[C@@H]3C[C@@H](O)CC(=O)O3)[C@H]21.[CaH2]. The number of carbonyl (C=O) groups excluding carboxylic acids is 2. The molecule has 1 aliphatic heterocycles. The van der Waals surface area contributed by atoms with Gasteiger partial charge in [0.05, 0.1) is 18.4 Å². The predicted molar refractivity (Wildman–Crippen MR) is 119 cm³/mol. The van der Waals surface area contributed by atoms with Crippen LogP contribution in [0.5, 0.6) is 0 Å². The van der Waals surface area contributed by atoms with Crippen molar-refractivity contribution >= 4 is 49.7 Å². The van der Waals surface area contributed by atoms with Gasteiger partial charge < -0.3 is 14.6 Å². The number of aliphatic hydroxyl groups is 1.